The average molecular weight is 224 g/mol. The minimum absolute atomic E-state index is 0.744. The molecule has 0 atom stereocenters. The van der Waals surface area contributed by atoms with E-state index in [1.165, 1.54) is 64.6 Å². The minimum atomic E-state index is 0.744. The van der Waals surface area contributed by atoms with Gasteiger partial charge in [-0.25, -0.2) is 0 Å². The molecule has 1 aliphatic rings. The van der Waals surface area contributed by atoms with E-state index in [0.717, 1.165) is 6.98 Å². The minimum Gasteiger partial charge on any atom is -0.328 e. The summed E-state index contributed by atoms with van der Waals surface area (Å²) < 4.78 is 0. The SMILES string of the molecule is CCCCB1N(CCC)CCCN1CCC. The van der Waals surface area contributed by atoms with E-state index < -0.39 is 0 Å². The molecule has 1 fully saturated rings. The number of hydrogen-bond acceptors (Lipinski definition) is 2. The van der Waals surface area contributed by atoms with Gasteiger partial charge in [-0.15, -0.1) is 0 Å². The zero-order valence-electron chi connectivity index (χ0n) is 11.5. The topological polar surface area (TPSA) is 6.48 Å². The first-order valence-electron chi connectivity index (χ1n) is 7.31. The highest BCUT2D eigenvalue weighted by atomic mass is 15.2. The van der Waals surface area contributed by atoms with Crippen LogP contribution in [0, 0.1) is 0 Å². The molecule has 94 valence electrons. The quantitative estimate of drug-likeness (QED) is 0.613. The van der Waals surface area contributed by atoms with Crippen LogP contribution in [0.15, 0.2) is 0 Å². The van der Waals surface area contributed by atoms with Crippen molar-refractivity contribution in [3.8, 4) is 0 Å². The number of hydrogen-bond donors (Lipinski definition) is 0. The van der Waals surface area contributed by atoms with Crippen LogP contribution in [0.25, 0.3) is 0 Å². The third-order valence-corrected chi connectivity index (χ3v) is 3.57. The Morgan fingerprint density at radius 3 is 1.88 bits per heavy atom. The molecule has 0 unspecified atom stereocenters. The Balaban J connectivity index is 2.52. The van der Waals surface area contributed by atoms with Gasteiger partial charge < -0.3 is 9.62 Å². The van der Waals surface area contributed by atoms with Gasteiger partial charge in [0.2, 0.25) is 0 Å². The van der Waals surface area contributed by atoms with Crippen LogP contribution in [0.5, 0.6) is 0 Å². The van der Waals surface area contributed by atoms with Crippen molar-refractivity contribution in [1.82, 2.24) is 9.62 Å². The highest BCUT2D eigenvalue weighted by molar-refractivity contribution is 6.52. The van der Waals surface area contributed by atoms with Gasteiger partial charge in [0, 0.05) is 0 Å². The van der Waals surface area contributed by atoms with Crippen molar-refractivity contribution < 1.29 is 0 Å². The number of unbranched alkanes of at least 4 members (excludes halogenated alkanes) is 1. The second-order valence-corrected chi connectivity index (χ2v) is 5.05. The molecule has 0 aromatic carbocycles. The molecule has 1 rings (SSSR count). The fourth-order valence-electron chi connectivity index (χ4n) is 2.85. The van der Waals surface area contributed by atoms with E-state index in [1.54, 1.807) is 0 Å². The lowest BCUT2D eigenvalue weighted by Crippen LogP contribution is -2.57. The molecule has 0 N–H and O–H groups in total. The molecule has 0 aliphatic carbocycles. The van der Waals surface area contributed by atoms with Crippen LogP contribution in [0.2, 0.25) is 6.32 Å². The summed E-state index contributed by atoms with van der Waals surface area (Å²) in [6.45, 7) is 12.9. The lowest BCUT2D eigenvalue weighted by atomic mass is 9.64. The Labute approximate surface area is 103 Å². The van der Waals surface area contributed by atoms with Crippen LogP contribution < -0.4 is 0 Å². The van der Waals surface area contributed by atoms with E-state index in [0.29, 0.717) is 0 Å². The first-order chi connectivity index (χ1) is 7.83. The van der Waals surface area contributed by atoms with Gasteiger partial charge in [-0.3, -0.25) is 0 Å². The predicted molar refractivity (Wildman–Crippen MR) is 73.8 cm³/mol. The molecular formula is C13H29BN2. The second kappa shape index (κ2) is 8.13. The molecule has 3 heteroatoms. The van der Waals surface area contributed by atoms with E-state index in [4.69, 9.17) is 0 Å². The van der Waals surface area contributed by atoms with Crippen LogP contribution >= 0.6 is 0 Å². The molecule has 1 heterocycles. The standard InChI is InChI=1S/C13H29BN2/c1-4-7-9-14-15(10-5-2)12-8-13-16(14)11-6-3/h4-13H2,1-3H3. The Morgan fingerprint density at radius 1 is 0.875 bits per heavy atom. The predicted octanol–water partition coefficient (Wildman–Crippen LogP) is 3.10. The van der Waals surface area contributed by atoms with Gasteiger partial charge in [0.25, 0.3) is 0 Å². The summed E-state index contributed by atoms with van der Waals surface area (Å²) in [6.07, 6.45) is 8.03. The number of rotatable bonds is 7. The van der Waals surface area contributed by atoms with Gasteiger partial charge in [0.05, 0.1) is 0 Å². The molecule has 0 aromatic rings. The molecule has 0 saturated carbocycles. The van der Waals surface area contributed by atoms with Gasteiger partial charge >= 0.3 is 6.98 Å². The lowest BCUT2D eigenvalue weighted by molar-refractivity contribution is 0.278. The van der Waals surface area contributed by atoms with E-state index >= 15 is 0 Å². The smallest absolute Gasteiger partial charge is 0.310 e. The summed E-state index contributed by atoms with van der Waals surface area (Å²) in [5.41, 5.74) is 0. The van der Waals surface area contributed by atoms with E-state index in [-0.39, 0.29) is 0 Å². The third-order valence-electron chi connectivity index (χ3n) is 3.57. The molecule has 0 bridgehead atoms. The maximum Gasteiger partial charge on any atom is 0.310 e. The van der Waals surface area contributed by atoms with Gasteiger partial charge in [-0.05, 0) is 51.8 Å². The van der Waals surface area contributed by atoms with Crippen molar-refractivity contribution in [3.63, 3.8) is 0 Å². The van der Waals surface area contributed by atoms with Gasteiger partial charge in [-0.2, -0.15) is 0 Å². The molecule has 1 aliphatic heterocycles. The Morgan fingerprint density at radius 2 is 1.44 bits per heavy atom. The molecule has 1 saturated heterocycles. The van der Waals surface area contributed by atoms with Crippen molar-refractivity contribution in [2.75, 3.05) is 26.2 Å². The fraction of sp³-hybridized carbons (Fsp3) is 1.00. The summed E-state index contributed by atoms with van der Waals surface area (Å²) in [5.74, 6) is 0. The van der Waals surface area contributed by atoms with Crippen LogP contribution in [-0.4, -0.2) is 42.8 Å². The van der Waals surface area contributed by atoms with Crippen molar-refractivity contribution >= 4 is 6.98 Å². The maximum atomic E-state index is 2.72. The summed E-state index contributed by atoms with van der Waals surface area (Å²) in [6, 6.07) is 0. The maximum absolute atomic E-state index is 2.72. The third kappa shape index (κ3) is 4.10. The van der Waals surface area contributed by atoms with E-state index in [2.05, 4.69) is 30.4 Å². The molecular weight excluding hydrogens is 195 g/mol. The Kier molecular flexibility index (Phi) is 7.14. The average Bonchev–Trinajstić information content (AvgIpc) is 2.29. The van der Waals surface area contributed by atoms with Crippen LogP contribution in [0.1, 0.15) is 52.9 Å². The first-order valence-corrected chi connectivity index (χ1v) is 7.31. The zero-order valence-corrected chi connectivity index (χ0v) is 11.5. The van der Waals surface area contributed by atoms with Gasteiger partial charge in [-0.1, -0.05) is 33.6 Å². The molecule has 0 amide bonds. The van der Waals surface area contributed by atoms with E-state index in [1.807, 2.05) is 0 Å². The molecule has 0 radical (unpaired) electrons. The van der Waals surface area contributed by atoms with Crippen LogP contribution in [-0.2, 0) is 0 Å². The van der Waals surface area contributed by atoms with Crippen molar-refractivity contribution in [3.05, 3.63) is 0 Å². The zero-order chi connectivity index (χ0) is 11.8. The normalized spacial score (nSPS) is 19.3. The monoisotopic (exact) mass is 224 g/mol. The lowest BCUT2D eigenvalue weighted by Gasteiger charge is -2.41. The molecule has 16 heavy (non-hydrogen) atoms. The Hall–Kier alpha value is -0.0151. The van der Waals surface area contributed by atoms with Crippen LogP contribution in [0.4, 0.5) is 0 Å². The second-order valence-electron chi connectivity index (χ2n) is 5.05. The first kappa shape index (κ1) is 14.0. The molecule has 2 nitrogen and oxygen atoms in total. The highest BCUT2D eigenvalue weighted by Gasteiger charge is 2.31. The van der Waals surface area contributed by atoms with Crippen molar-refractivity contribution in [2.45, 2.75) is 59.2 Å². The summed E-state index contributed by atoms with van der Waals surface area (Å²) in [7, 11) is 0. The van der Waals surface area contributed by atoms with Crippen molar-refractivity contribution in [1.29, 1.82) is 0 Å². The molecule has 0 spiro atoms. The summed E-state index contributed by atoms with van der Waals surface area (Å²) in [5, 5.41) is 0. The van der Waals surface area contributed by atoms with Crippen LogP contribution in [0.3, 0.4) is 0 Å². The Bertz CT molecular complexity index is 157. The summed E-state index contributed by atoms with van der Waals surface area (Å²) in [4.78, 5) is 5.43. The summed E-state index contributed by atoms with van der Waals surface area (Å²) >= 11 is 0. The van der Waals surface area contributed by atoms with E-state index in [9.17, 15) is 0 Å². The van der Waals surface area contributed by atoms with Crippen molar-refractivity contribution in [2.24, 2.45) is 0 Å². The number of nitrogens with zero attached hydrogens (tertiary/aromatic N) is 2. The highest BCUT2D eigenvalue weighted by Crippen LogP contribution is 2.17. The molecule has 0 aromatic heterocycles. The largest absolute Gasteiger partial charge is 0.328 e. The van der Waals surface area contributed by atoms with Gasteiger partial charge in [0.15, 0.2) is 0 Å². The fourth-order valence-corrected chi connectivity index (χ4v) is 2.85. The van der Waals surface area contributed by atoms with Gasteiger partial charge in [0.1, 0.15) is 0 Å².